The van der Waals surface area contributed by atoms with Gasteiger partial charge in [0.25, 0.3) is 0 Å². The molecular formula is C15H14BrNO3. The molecule has 0 unspecified atom stereocenters. The molecule has 4 nitrogen and oxygen atoms in total. The van der Waals surface area contributed by atoms with Crippen molar-refractivity contribution in [3.63, 3.8) is 0 Å². The van der Waals surface area contributed by atoms with Crippen LogP contribution in [0, 0.1) is 6.92 Å². The first-order valence-corrected chi connectivity index (χ1v) is 6.75. The average molecular weight is 336 g/mol. The number of carboxylic acid groups (broad SMARTS) is 1. The topological polar surface area (TPSA) is 58.6 Å². The number of halogens is 1. The highest BCUT2D eigenvalue weighted by Gasteiger charge is 2.09. The third-order valence-electron chi connectivity index (χ3n) is 2.90. The van der Waals surface area contributed by atoms with Crippen LogP contribution in [0.4, 0.5) is 11.4 Å². The maximum Gasteiger partial charge on any atom is 0.335 e. The van der Waals surface area contributed by atoms with E-state index in [4.69, 9.17) is 9.84 Å². The highest BCUT2D eigenvalue weighted by molar-refractivity contribution is 9.10. The van der Waals surface area contributed by atoms with Gasteiger partial charge in [0.2, 0.25) is 0 Å². The Hall–Kier alpha value is -2.01. The standard InChI is InChI=1S/C15H14BrNO3/c1-9-7-11(4-5-12(9)15(18)19)17-13-8-10(16)3-6-14(13)20-2/h3-8,17H,1-2H3,(H,18,19). The number of hydrogen-bond acceptors (Lipinski definition) is 3. The summed E-state index contributed by atoms with van der Waals surface area (Å²) in [5.74, 6) is -0.206. The highest BCUT2D eigenvalue weighted by atomic mass is 79.9. The van der Waals surface area contributed by atoms with Crippen LogP contribution in [0.3, 0.4) is 0 Å². The second-order valence-corrected chi connectivity index (χ2v) is 5.22. The molecule has 0 aliphatic carbocycles. The first kappa shape index (κ1) is 14.4. The fraction of sp³-hybridized carbons (Fsp3) is 0.133. The lowest BCUT2D eigenvalue weighted by molar-refractivity contribution is 0.0696. The summed E-state index contributed by atoms with van der Waals surface area (Å²) >= 11 is 3.41. The lowest BCUT2D eigenvalue weighted by Gasteiger charge is -2.12. The first-order valence-electron chi connectivity index (χ1n) is 5.96. The fourth-order valence-electron chi connectivity index (χ4n) is 1.91. The summed E-state index contributed by atoms with van der Waals surface area (Å²) < 4.78 is 6.22. The molecule has 20 heavy (non-hydrogen) atoms. The normalized spacial score (nSPS) is 10.2. The Balaban J connectivity index is 2.33. The molecule has 0 heterocycles. The molecule has 0 fully saturated rings. The van der Waals surface area contributed by atoms with E-state index in [-0.39, 0.29) is 0 Å². The molecule has 0 saturated carbocycles. The number of aryl methyl sites for hydroxylation is 1. The molecule has 0 bridgehead atoms. The second-order valence-electron chi connectivity index (χ2n) is 4.30. The molecular weight excluding hydrogens is 322 g/mol. The number of benzene rings is 2. The van der Waals surface area contributed by atoms with E-state index in [0.717, 1.165) is 15.8 Å². The molecule has 0 aromatic heterocycles. The van der Waals surface area contributed by atoms with Crippen molar-refractivity contribution in [2.75, 3.05) is 12.4 Å². The van der Waals surface area contributed by atoms with E-state index in [2.05, 4.69) is 21.2 Å². The van der Waals surface area contributed by atoms with Gasteiger partial charge in [0.15, 0.2) is 0 Å². The van der Waals surface area contributed by atoms with Gasteiger partial charge in [-0.3, -0.25) is 0 Å². The summed E-state index contributed by atoms with van der Waals surface area (Å²) in [7, 11) is 1.60. The molecule has 0 aliphatic rings. The SMILES string of the molecule is COc1ccc(Br)cc1Nc1ccc(C(=O)O)c(C)c1. The quantitative estimate of drug-likeness (QED) is 0.878. The minimum atomic E-state index is -0.922. The number of ether oxygens (including phenoxy) is 1. The van der Waals surface area contributed by atoms with Crippen molar-refractivity contribution in [3.8, 4) is 5.75 Å². The van der Waals surface area contributed by atoms with Crippen LogP contribution in [0.5, 0.6) is 5.75 Å². The Bertz CT molecular complexity index is 656. The summed E-state index contributed by atoms with van der Waals surface area (Å²) in [5, 5.41) is 12.2. The zero-order chi connectivity index (χ0) is 14.7. The van der Waals surface area contributed by atoms with Gasteiger partial charge in [0, 0.05) is 10.2 Å². The molecule has 5 heteroatoms. The molecule has 2 aromatic rings. The monoisotopic (exact) mass is 335 g/mol. The van der Waals surface area contributed by atoms with Crippen LogP contribution >= 0.6 is 15.9 Å². The summed E-state index contributed by atoms with van der Waals surface area (Å²) in [4.78, 5) is 11.0. The van der Waals surface area contributed by atoms with Crippen LogP contribution in [0.1, 0.15) is 15.9 Å². The lowest BCUT2D eigenvalue weighted by Crippen LogP contribution is -2.01. The maximum atomic E-state index is 11.0. The van der Waals surface area contributed by atoms with E-state index in [1.54, 1.807) is 32.2 Å². The van der Waals surface area contributed by atoms with Gasteiger partial charge in [-0.15, -0.1) is 0 Å². The van der Waals surface area contributed by atoms with E-state index < -0.39 is 5.97 Å². The largest absolute Gasteiger partial charge is 0.495 e. The minimum absolute atomic E-state index is 0.303. The zero-order valence-corrected chi connectivity index (χ0v) is 12.7. The van der Waals surface area contributed by atoms with Crippen molar-refractivity contribution in [2.45, 2.75) is 6.92 Å². The number of hydrogen-bond donors (Lipinski definition) is 2. The van der Waals surface area contributed by atoms with Gasteiger partial charge in [0.1, 0.15) is 5.75 Å². The number of methoxy groups -OCH3 is 1. The first-order chi connectivity index (χ1) is 9.51. The molecule has 104 valence electrons. The van der Waals surface area contributed by atoms with E-state index in [1.165, 1.54) is 0 Å². The molecule has 2 aromatic carbocycles. The van der Waals surface area contributed by atoms with Crippen LogP contribution in [-0.2, 0) is 0 Å². The molecule has 0 radical (unpaired) electrons. The lowest BCUT2D eigenvalue weighted by atomic mass is 10.1. The number of aromatic carboxylic acids is 1. The minimum Gasteiger partial charge on any atom is -0.495 e. The van der Waals surface area contributed by atoms with Crippen LogP contribution in [0.15, 0.2) is 40.9 Å². The van der Waals surface area contributed by atoms with E-state index in [9.17, 15) is 4.79 Å². The fourth-order valence-corrected chi connectivity index (χ4v) is 2.28. The third-order valence-corrected chi connectivity index (χ3v) is 3.39. The van der Waals surface area contributed by atoms with Gasteiger partial charge in [0.05, 0.1) is 18.4 Å². The maximum absolute atomic E-state index is 11.0. The van der Waals surface area contributed by atoms with Crippen LogP contribution in [0.2, 0.25) is 0 Å². The number of nitrogens with one attached hydrogen (secondary N) is 1. The average Bonchev–Trinajstić information content (AvgIpc) is 2.38. The Kier molecular flexibility index (Phi) is 4.29. The Labute approximate surface area is 125 Å². The van der Waals surface area contributed by atoms with Crippen LogP contribution in [-0.4, -0.2) is 18.2 Å². The number of anilines is 2. The van der Waals surface area contributed by atoms with Gasteiger partial charge >= 0.3 is 5.97 Å². The number of carboxylic acids is 1. The second kappa shape index (κ2) is 5.96. The Morgan fingerprint density at radius 2 is 2.00 bits per heavy atom. The zero-order valence-electron chi connectivity index (χ0n) is 11.1. The molecule has 0 aliphatic heterocycles. The molecule has 0 atom stereocenters. The summed E-state index contributed by atoms with van der Waals surface area (Å²) in [6.45, 7) is 1.77. The van der Waals surface area contributed by atoms with Crippen molar-refractivity contribution in [1.82, 2.24) is 0 Å². The predicted octanol–water partition coefficient (Wildman–Crippen LogP) is 4.21. The van der Waals surface area contributed by atoms with Crippen molar-refractivity contribution >= 4 is 33.3 Å². The van der Waals surface area contributed by atoms with Crippen molar-refractivity contribution in [3.05, 3.63) is 52.0 Å². The van der Waals surface area contributed by atoms with Gasteiger partial charge in [-0.2, -0.15) is 0 Å². The van der Waals surface area contributed by atoms with Gasteiger partial charge in [-0.25, -0.2) is 4.79 Å². The summed E-state index contributed by atoms with van der Waals surface area (Å²) in [5.41, 5.74) is 2.63. The van der Waals surface area contributed by atoms with E-state index in [1.807, 2.05) is 18.2 Å². The molecule has 2 rings (SSSR count). The van der Waals surface area contributed by atoms with Crippen molar-refractivity contribution in [1.29, 1.82) is 0 Å². The number of carbonyl (C=O) groups is 1. The van der Waals surface area contributed by atoms with Crippen molar-refractivity contribution < 1.29 is 14.6 Å². The molecule has 0 spiro atoms. The van der Waals surface area contributed by atoms with E-state index in [0.29, 0.717) is 16.9 Å². The Morgan fingerprint density at radius 3 is 2.60 bits per heavy atom. The third kappa shape index (κ3) is 3.11. The van der Waals surface area contributed by atoms with Gasteiger partial charge < -0.3 is 15.2 Å². The smallest absolute Gasteiger partial charge is 0.335 e. The summed E-state index contributed by atoms with van der Waals surface area (Å²) in [6.07, 6.45) is 0. The van der Waals surface area contributed by atoms with Gasteiger partial charge in [-0.05, 0) is 48.9 Å². The molecule has 0 saturated heterocycles. The van der Waals surface area contributed by atoms with E-state index >= 15 is 0 Å². The van der Waals surface area contributed by atoms with Crippen LogP contribution < -0.4 is 10.1 Å². The Morgan fingerprint density at radius 1 is 1.25 bits per heavy atom. The molecule has 0 amide bonds. The molecule has 2 N–H and O–H groups in total. The van der Waals surface area contributed by atoms with Gasteiger partial charge in [-0.1, -0.05) is 15.9 Å². The van der Waals surface area contributed by atoms with Crippen molar-refractivity contribution in [2.24, 2.45) is 0 Å². The summed E-state index contributed by atoms with van der Waals surface area (Å²) in [6, 6.07) is 10.8. The predicted molar refractivity (Wildman–Crippen MR) is 82.1 cm³/mol. The van der Waals surface area contributed by atoms with Crippen LogP contribution in [0.25, 0.3) is 0 Å². The number of rotatable bonds is 4. The highest BCUT2D eigenvalue weighted by Crippen LogP contribution is 2.31.